The van der Waals surface area contributed by atoms with Crippen LogP contribution in [0.1, 0.15) is 52.7 Å². The van der Waals surface area contributed by atoms with Crippen LogP contribution in [0.2, 0.25) is 0 Å². The van der Waals surface area contributed by atoms with Crippen molar-refractivity contribution >= 4 is 29.8 Å². The molecule has 2 aromatic carbocycles. The lowest BCUT2D eigenvalue weighted by Gasteiger charge is -2.25. The summed E-state index contributed by atoms with van der Waals surface area (Å²) in [7, 11) is 2.06. The molecule has 4 nitrogen and oxygen atoms in total. The fourth-order valence-corrected chi connectivity index (χ4v) is 4.58. The van der Waals surface area contributed by atoms with Crippen LogP contribution in [0.5, 0.6) is 0 Å². The number of unbranched alkanes of at least 4 members (excludes halogenated alkanes) is 1. The van der Waals surface area contributed by atoms with Crippen LogP contribution in [0, 0.1) is 5.82 Å². The molecule has 0 aromatic heterocycles. The highest BCUT2D eigenvalue weighted by atomic mass is 35.5. The number of hydrogen-bond donors (Lipinski definition) is 0. The zero-order chi connectivity index (χ0) is 21.1. The third-order valence-corrected chi connectivity index (χ3v) is 6.20. The minimum Gasteiger partial charge on any atom is -0.312 e. The molecule has 6 heteroatoms. The van der Waals surface area contributed by atoms with Gasteiger partial charge in [0.25, 0.3) is 0 Å². The number of anilines is 1. The van der Waals surface area contributed by atoms with Gasteiger partial charge in [-0.1, -0.05) is 12.1 Å². The second-order valence-electron chi connectivity index (χ2n) is 8.53. The zero-order valence-electron chi connectivity index (χ0n) is 18.0. The molecule has 0 bridgehead atoms. The van der Waals surface area contributed by atoms with E-state index in [1.165, 1.54) is 6.07 Å². The summed E-state index contributed by atoms with van der Waals surface area (Å²) in [6.45, 7) is 2.59. The first kappa shape index (κ1) is 23.4. The topological polar surface area (TPSA) is 40.6 Å². The van der Waals surface area contributed by atoms with Crippen LogP contribution >= 0.6 is 12.4 Å². The normalized spacial score (nSPS) is 14.5. The molecule has 0 spiro atoms. The number of benzene rings is 2. The van der Waals surface area contributed by atoms with E-state index >= 15 is 0 Å². The molecule has 0 aliphatic carbocycles. The summed E-state index contributed by atoms with van der Waals surface area (Å²) in [5, 5.41) is 0. The summed E-state index contributed by atoms with van der Waals surface area (Å²) in [6.07, 6.45) is 5.51. The molecular formula is C25H30ClFN2O2. The van der Waals surface area contributed by atoms with Crippen molar-refractivity contribution in [3.8, 4) is 0 Å². The second-order valence-corrected chi connectivity index (χ2v) is 8.53. The average Bonchev–Trinajstić information content (AvgIpc) is 3.06. The van der Waals surface area contributed by atoms with Crippen LogP contribution in [0.4, 0.5) is 10.1 Å². The third-order valence-electron chi connectivity index (χ3n) is 6.20. The van der Waals surface area contributed by atoms with Crippen LogP contribution in [-0.4, -0.2) is 43.3 Å². The van der Waals surface area contributed by atoms with E-state index in [0.29, 0.717) is 12.8 Å². The van der Waals surface area contributed by atoms with Crippen molar-refractivity contribution in [2.75, 3.05) is 31.6 Å². The zero-order valence-corrected chi connectivity index (χ0v) is 18.8. The minimum absolute atomic E-state index is 0. The number of nitrogens with zero attached hydrogens (tertiary/aromatic N) is 2. The molecule has 2 aromatic rings. The van der Waals surface area contributed by atoms with Gasteiger partial charge >= 0.3 is 0 Å². The van der Waals surface area contributed by atoms with Gasteiger partial charge in [0.2, 0.25) is 5.91 Å². The number of aryl methyl sites for hydroxylation is 1. The Balaban J connectivity index is 0.00000272. The van der Waals surface area contributed by atoms with Gasteiger partial charge in [-0.15, -0.1) is 12.4 Å². The van der Waals surface area contributed by atoms with E-state index < -0.39 is 0 Å². The second kappa shape index (κ2) is 10.4. The van der Waals surface area contributed by atoms with E-state index in [2.05, 4.69) is 11.9 Å². The molecule has 0 saturated carbocycles. The molecule has 4 rings (SSSR count). The number of rotatable bonds is 9. The van der Waals surface area contributed by atoms with Gasteiger partial charge in [-0.05, 0) is 86.7 Å². The lowest BCUT2D eigenvalue weighted by molar-refractivity contribution is -0.117. The van der Waals surface area contributed by atoms with Gasteiger partial charge < -0.3 is 9.80 Å². The van der Waals surface area contributed by atoms with Crippen LogP contribution in [0.3, 0.4) is 0 Å². The molecule has 31 heavy (non-hydrogen) atoms. The van der Waals surface area contributed by atoms with Crippen molar-refractivity contribution in [2.24, 2.45) is 0 Å². The maximum Gasteiger partial charge on any atom is 0.231 e. The van der Waals surface area contributed by atoms with Gasteiger partial charge in [-0.25, -0.2) is 4.39 Å². The van der Waals surface area contributed by atoms with Crippen LogP contribution in [-0.2, 0) is 24.1 Å². The molecule has 0 N–H and O–H groups in total. The summed E-state index contributed by atoms with van der Waals surface area (Å²) in [4.78, 5) is 29.0. The van der Waals surface area contributed by atoms with Crippen molar-refractivity contribution in [1.29, 1.82) is 0 Å². The summed E-state index contributed by atoms with van der Waals surface area (Å²) in [5.74, 6) is 0.149. The van der Waals surface area contributed by atoms with E-state index in [-0.39, 0.29) is 29.9 Å². The van der Waals surface area contributed by atoms with Gasteiger partial charge in [-0.2, -0.15) is 0 Å². The number of Topliss-reactive ketones (excluding diaryl/α,β-unsaturated/α-hetero) is 1. The highest BCUT2D eigenvalue weighted by Gasteiger charge is 2.32. The first-order valence-corrected chi connectivity index (χ1v) is 10.9. The molecule has 0 fully saturated rings. The Morgan fingerprint density at radius 3 is 2.74 bits per heavy atom. The molecule has 0 saturated heterocycles. The first-order valence-electron chi connectivity index (χ1n) is 10.9. The fourth-order valence-electron chi connectivity index (χ4n) is 4.58. The summed E-state index contributed by atoms with van der Waals surface area (Å²) in [6, 6.07) is 10.7. The van der Waals surface area contributed by atoms with E-state index in [9.17, 15) is 14.0 Å². The molecule has 2 heterocycles. The number of carbonyl (C=O) groups excluding carboxylic acids is 2. The van der Waals surface area contributed by atoms with Crippen molar-refractivity contribution in [2.45, 2.75) is 44.9 Å². The van der Waals surface area contributed by atoms with Crippen molar-refractivity contribution < 1.29 is 14.0 Å². The van der Waals surface area contributed by atoms with E-state index in [4.69, 9.17) is 0 Å². The molecule has 166 valence electrons. The van der Waals surface area contributed by atoms with E-state index in [1.54, 1.807) is 12.1 Å². The SMILES string of the molecule is CN(CCCCC(=O)c1cc2c3c(c1)CC(=O)N3CCC2)CCc1cccc(F)c1.Cl. The van der Waals surface area contributed by atoms with Gasteiger partial charge in [0.05, 0.1) is 12.1 Å². The predicted molar refractivity (Wildman–Crippen MR) is 124 cm³/mol. The Bertz CT molecular complexity index is 963. The fraction of sp³-hybridized carbons (Fsp3) is 0.440. The largest absolute Gasteiger partial charge is 0.312 e. The summed E-state index contributed by atoms with van der Waals surface area (Å²) in [5.41, 5.74) is 5.03. The minimum atomic E-state index is -0.188. The Labute approximate surface area is 189 Å². The Morgan fingerprint density at radius 2 is 1.94 bits per heavy atom. The van der Waals surface area contributed by atoms with E-state index in [0.717, 1.165) is 79.7 Å². The first-order chi connectivity index (χ1) is 14.5. The molecule has 1 amide bonds. The van der Waals surface area contributed by atoms with Crippen molar-refractivity contribution in [3.63, 3.8) is 0 Å². The lowest BCUT2D eigenvalue weighted by Crippen LogP contribution is -2.31. The van der Waals surface area contributed by atoms with E-state index in [1.807, 2.05) is 23.1 Å². The summed E-state index contributed by atoms with van der Waals surface area (Å²) >= 11 is 0. The van der Waals surface area contributed by atoms with Crippen LogP contribution in [0.15, 0.2) is 36.4 Å². The highest BCUT2D eigenvalue weighted by molar-refractivity contribution is 6.05. The van der Waals surface area contributed by atoms with Gasteiger partial charge in [0.15, 0.2) is 5.78 Å². The Hall–Kier alpha value is -2.24. The number of carbonyl (C=O) groups is 2. The van der Waals surface area contributed by atoms with Crippen LogP contribution in [0.25, 0.3) is 0 Å². The Kier molecular flexibility index (Phi) is 7.84. The summed E-state index contributed by atoms with van der Waals surface area (Å²) < 4.78 is 13.3. The van der Waals surface area contributed by atoms with Crippen molar-refractivity contribution in [3.05, 3.63) is 64.5 Å². The smallest absolute Gasteiger partial charge is 0.231 e. The molecule has 0 atom stereocenters. The Morgan fingerprint density at radius 1 is 1.13 bits per heavy atom. The molecule has 2 aliphatic heterocycles. The van der Waals surface area contributed by atoms with Gasteiger partial charge in [0.1, 0.15) is 5.82 Å². The number of amides is 1. The van der Waals surface area contributed by atoms with Crippen LogP contribution < -0.4 is 4.90 Å². The maximum absolute atomic E-state index is 13.3. The van der Waals surface area contributed by atoms with Crippen molar-refractivity contribution in [1.82, 2.24) is 4.90 Å². The number of halogens is 2. The van der Waals surface area contributed by atoms with Gasteiger partial charge in [0, 0.05) is 25.1 Å². The average molecular weight is 445 g/mol. The monoisotopic (exact) mass is 444 g/mol. The number of hydrogen-bond acceptors (Lipinski definition) is 3. The quantitative estimate of drug-likeness (QED) is 0.419. The molecular weight excluding hydrogens is 415 g/mol. The number of likely N-dealkylation sites (N-methyl/N-ethyl adjacent to an activating group) is 1. The molecule has 0 radical (unpaired) electrons. The van der Waals surface area contributed by atoms with Gasteiger partial charge in [-0.3, -0.25) is 9.59 Å². The number of ketones is 1. The highest BCUT2D eigenvalue weighted by Crippen LogP contribution is 2.37. The predicted octanol–water partition coefficient (Wildman–Crippen LogP) is 4.61. The third kappa shape index (κ3) is 5.52. The molecule has 2 aliphatic rings. The standard InChI is InChI=1S/C25H29FN2O2.ClH/c1-27(13-10-18-6-4-8-22(26)14-18)11-3-2-9-23(29)20-15-19-7-5-12-28-24(30)17-21(16-20)25(19)28;/h4,6,8,14-16H,2-3,5,7,9-13,17H2,1H3;1H. The molecule has 0 unspecified atom stereocenters. The lowest BCUT2D eigenvalue weighted by atomic mass is 9.94. The maximum atomic E-state index is 13.3.